The van der Waals surface area contributed by atoms with Crippen LogP contribution in [0, 0.1) is 13.8 Å². The molecule has 0 spiro atoms. The molecule has 0 aliphatic heterocycles. The number of H-pyrrole nitrogens is 1. The maximum Gasteiger partial charge on any atom is 0.251 e. The first kappa shape index (κ1) is 17.5. The zero-order valence-electron chi connectivity index (χ0n) is 14.1. The van der Waals surface area contributed by atoms with Crippen molar-refractivity contribution < 1.29 is 0 Å². The van der Waals surface area contributed by atoms with Gasteiger partial charge < -0.3 is 15.6 Å². The molecule has 0 atom stereocenters. The first-order chi connectivity index (χ1) is 11.0. The van der Waals surface area contributed by atoms with Gasteiger partial charge in [-0.05, 0) is 73.6 Å². The van der Waals surface area contributed by atoms with Crippen LogP contribution in [0.1, 0.15) is 36.5 Å². The fraction of sp³-hybridized carbons (Fsp3) is 0.444. The van der Waals surface area contributed by atoms with Crippen molar-refractivity contribution in [3.05, 3.63) is 45.2 Å². The number of nitrogens with one attached hydrogen (secondary N) is 3. The van der Waals surface area contributed by atoms with E-state index in [1.165, 1.54) is 11.1 Å². The van der Waals surface area contributed by atoms with Crippen LogP contribution in [0.4, 0.5) is 0 Å². The van der Waals surface area contributed by atoms with Crippen LogP contribution >= 0.6 is 12.2 Å². The molecule has 0 unspecified atom stereocenters. The lowest BCUT2D eigenvalue weighted by Crippen LogP contribution is -2.37. The minimum absolute atomic E-state index is 0.0209. The molecule has 4 nitrogen and oxygen atoms in total. The summed E-state index contributed by atoms with van der Waals surface area (Å²) in [5.74, 6) is 0. The van der Waals surface area contributed by atoms with Gasteiger partial charge >= 0.3 is 0 Å². The summed E-state index contributed by atoms with van der Waals surface area (Å²) in [5, 5.41) is 8.05. The van der Waals surface area contributed by atoms with Crippen LogP contribution in [-0.2, 0) is 6.42 Å². The Hall–Kier alpha value is -1.88. The molecule has 0 radical (unpaired) electrons. The van der Waals surface area contributed by atoms with Crippen molar-refractivity contribution >= 4 is 28.2 Å². The third kappa shape index (κ3) is 4.79. The molecule has 124 valence electrons. The van der Waals surface area contributed by atoms with Gasteiger partial charge in [0, 0.05) is 24.2 Å². The maximum absolute atomic E-state index is 12.2. The van der Waals surface area contributed by atoms with Crippen LogP contribution in [-0.4, -0.2) is 23.2 Å². The van der Waals surface area contributed by atoms with E-state index in [1.807, 2.05) is 12.1 Å². The minimum atomic E-state index is -0.0209. The van der Waals surface area contributed by atoms with Crippen molar-refractivity contribution in [2.24, 2.45) is 0 Å². The Labute approximate surface area is 142 Å². The average Bonchev–Trinajstić information content (AvgIpc) is 2.50. The summed E-state index contributed by atoms with van der Waals surface area (Å²) in [6, 6.07) is 6.13. The number of rotatable bonds is 6. The number of thiocarbonyl (C=S) groups is 1. The molecule has 2 aromatic rings. The van der Waals surface area contributed by atoms with E-state index in [2.05, 4.69) is 42.5 Å². The van der Waals surface area contributed by atoms with Crippen LogP contribution in [0.5, 0.6) is 0 Å². The van der Waals surface area contributed by atoms with E-state index in [4.69, 9.17) is 12.2 Å². The smallest absolute Gasteiger partial charge is 0.251 e. The van der Waals surface area contributed by atoms with Crippen LogP contribution < -0.4 is 16.2 Å². The number of benzene rings is 1. The van der Waals surface area contributed by atoms with Gasteiger partial charge in [-0.1, -0.05) is 13.3 Å². The molecular formula is C18H25N3OS. The van der Waals surface area contributed by atoms with Gasteiger partial charge in [-0.3, -0.25) is 4.79 Å². The second-order valence-electron chi connectivity index (χ2n) is 5.93. The molecule has 0 saturated carbocycles. The number of aryl methyl sites for hydroxylation is 2. The molecule has 1 heterocycles. The first-order valence-corrected chi connectivity index (χ1v) is 8.57. The van der Waals surface area contributed by atoms with Crippen LogP contribution in [0.15, 0.2) is 23.0 Å². The van der Waals surface area contributed by atoms with E-state index in [0.717, 1.165) is 35.9 Å². The number of fused-ring (bicyclic) bond motifs is 1. The zero-order chi connectivity index (χ0) is 16.8. The predicted octanol–water partition coefficient (Wildman–Crippen LogP) is 2.95. The number of pyridine rings is 1. The van der Waals surface area contributed by atoms with Crippen molar-refractivity contribution in [1.82, 2.24) is 15.6 Å². The van der Waals surface area contributed by atoms with Gasteiger partial charge in [0.1, 0.15) is 0 Å². The van der Waals surface area contributed by atoms with E-state index in [0.29, 0.717) is 18.1 Å². The SMILES string of the molecule is CCCCNC(=S)NCCc1cc2cc(C)c(C)cc2[nH]c1=O. The molecule has 0 aliphatic carbocycles. The number of aromatic amines is 1. The zero-order valence-corrected chi connectivity index (χ0v) is 14.9. The highest BCUT2D eigenvalue weighted by molar-refractivity contribution is 7.80. The Bertz CT molecular complexity index is 752. The molecule has 2 rings (SSSR count). The number of unbranched alkanes of at least 4 members (excludes halogenated alkanes) is 1. The second-order valence-corrected chi connectivity index (χ2v) is 6.34. The normalized spacial score (nSPS) is 10.7. The molecule has 0 saturated heterocycles. The fourth-order valence-corrected chi connectivity index (χ4v) is 2.66. The molecular weight excluding hydrogens is 306 g/mol. The molecule has 23 heavy (non-hydrogen) atoms. The second kappa shape index (κ2) is 8.11. The molecule has 0 bridgehead atoms. The summed E-state index contributed by atoms with van der Waals surface area (Å²) in [7, 11) is 0. The summed E-state index contributed by atoms with van der Waals surface area (Å²) in [6.07, 6.45) is 2.89. The number of hydrogen-bond acceptors (Lipinski definition) is 2. The summed E-state index contributed by atoms with van der Waals surface area (Å²) >= 11 is 5.22. The Morgan fingerprint density at radius 3 is 2.57 bits per heavy atom. The highest BCUT2D eigenvalue weighted by Gasteiger charge is 2.05. The van der Waals surface area contributed by atoms with Gasteiger partial charge in [0.25, 0.3) is 5.56 Å². The molecule has 0 amide bonds. The molecule has 0 fully saturated rings. The van der Waals surface area contributed by atoms with Crippen molar-refractivity contribution in [1.29, 1.82) is 0 Å². The standard InChI is InChI=1S/C18H25N3OS/c1-4-5-7-19-18(23)20-8-6-14-11-15-9-12(2)13(3)10-16(15)21-17(14)22/h9-11H,4-8H2,1-3H3,(H,21,22)(H2,19,20,23). The van der Waals surface area contributed by atoms with Gasteiger partial charge in [0.2, 0.25) is 0 Å². The van der Waals surface area contributed by atoms with E-state index >= 15 is 0 Å². The number of aromatic nitrogens is 1. The Kier molecular flexibility index (Phi) is 6.16. The van der Waals surface area contributed by atoms with Crippen LogP contribution in [0.2, 0.25) is 0 Å². The highest BCUT2D eigenvalue weighted by Crippen LogP contribution is 2.17. The lowest BCUT2D eigenvalue weighted by Gasteiger charge is -2.10. The summed E-state index contributed by atoms with van der Waals surface area (Å²) in [4.78, 5) is 15.2. The van der Waals surface area contributed by atoms with E-state index in [1.54, 1.807) is 0 Å². The van der Waals surface area contributed by atoms with Crippen molar-refractivity contribution in [2.75, 3.05) is 13.1 Å². The minimum Gasteiger partial charge on any atom is -0.363 e. The molecule has 0 aliphatic rings. The van der Waals surface area contributed by atoms with Gasteiger partial charge in [-0.2, -0.15) is 0 Å². The largest absolute Gasteiger partial charge is 0.363 e. The topological polar surface area (TPSA) is 56.9 Å². The Balaban J connectivity index is 2.00. The van der Waals surface area contributed by atoms with E-state index < -0.39 is 0 Å². The van der Waals surface area contributed by atoms with Crippen LogP contribution in [0.25, 0.3) is 10.9 Å². The molecule has 5 heteroatoms. The number of hydrogen-bond donors (Lipinski definition) is 3. The molecule has 1 aromatic carbocycles. The van der Waals surface area contributed by atoms with Gasteiger partial charge in [0.05, 0.1) is 0 Å². The quantitative estimate of drug-likeness (QED) is 0.563. The van der Waals surface area contributed by atoms with Crippen molar-refractivity contribution in [3.63, 3.8) is 0 Å². The fourth-order valence-electron chi connectivity index (χ4n) is 2.46. The summed E-state index contributed by atoms with van der Waals surface area (Å²) in [5.41, 5.74) is 4.07. The van der Waals surface area contributed by atoms with Crippen LogP contribution in [0.3, 0.4) is 0 Å². The van der Waals surface area contributed by atoms with E-state index in [-0.39, 0.29) is 5.56 Å². The van der Waals surface area contributed by atoms with Gasteiger partial charge in [0.15, 0.2) is 5.11 Å². The van der Waals surface area contributed by atoms with Gasteiger partial charge in [-0.15, -0.1) is 0 Å². The maximum atomic E-state index is 12.2. The lowest BCUT2D eigenvalue weighted by atomic mass is 10.0. The van der Waals surface area contributed by atoms with Crippen molar-refractivity contribution in [2.45, 2.75) is 40.0 Å². The van der Waals surface area contributed by atoms with E-state index in [9.17, 15) is 4.79 Å². The summed E-state index contributed by atoms with van der Waals surface area (Å²) < 4.78 is 0. The Morgan fingerprint density at radius 1 is 1.13 bits per heavy atom. The predicted molar refractivity (Wildman–Crippen MR) is 101 cm³/mol. The molecule has 1 aromatic heterocycles. The highest BCUT2D eigenvalue weighted by atomic mass is 32.1. The first-order valence-electron chi connectivity index (χ1n) is 8.16. The Morgan fingerprint density at radius 2 is 1.83 bits per heavy atom. The summed E-state index contributed by atoms with van der Waals surface area (Å²) in [6.45, 7) is 7.82. The molecule has 3 N–H and O–H groups in total. The lowest BCUT2D eigenvalue weighted by molar-refractivity contribution is 0.736. The van der Waals surface area contributed by atoms with Gasteiger partial charge in [-0.25, -0.2) is 0 Å². The monoisotopic (exact) mass is 331 g/mol. The van der Waals surface area contributed by atoms with Crippen molar-refractivity contribution in [3.8, 4) is 0 Å². The average molecular weight is 331 g/mol. The third-order valence-corrected chi connectivity index (χ3v) is 4.32. The third-order valence-electron chi connectivity index (χ3n) is 4.03.